The summed E-state index contributed by atoms with van der Waals surface area (Å²) in [6, 6.07) is 0. The van der Waals surface area contributed by atoms with Gasteiger partial charge in [0.05, 0.1) is 0 Å². The highest BCUT2D eigenvalue weighted by Crippen LogP contribution is 2.21. The average Bonchev–Trinajstić information content (AvgIpc) is 2.12. The van der Waals surface area contributed by atoms with E-state index in [-0.39, 0.29) is 0 Å². The van der Waals surface area contributed by atoms with Crippen LogP contribution in [0.5, 0.6) is 0 Å². The van der Waals surface area contributed by atoms with Crippen LogP contribution in [-0.4, -0.2) is 5.71 Å². The lowest BCUT2D eigenvalue weighted by molar-refractivity contribution is 1.12. The molecule has 78 valence electrons. The topological polar surface area (TPSA) is 23.9 Å². The zero-order chi connectivity index (χ0) is 11.3. The highest BCUT2D eigenvalue weighted by atomic mass is 14.4. The summed E-state index contributed by atoms with van der Waals surface area (Å²) in [4.78, 5) is 0. The molecule has 0 aromatic carbocycles. The molecule has 0 bridgehead atoms. The largest absolute Gasteiger partial charge is 0.305 e. The summed E-state index contributed by atoms with van der Waals surface area (Å²) in [6.45, 7) is 14.1. The molecular weight excluding hydrogens is 170 g/mol. The van der Waals surface area contributed by atoms with Gasteiger partial charge in [0.1, 0.15) is 0 Å². The zero-order valence-corrected chi connectivity index (χ0v) is 9.99. The number of hydrogen-bond acceptors (Lipinski definition) is 1. The van der Waals surface area contributed by atoms with Gasteiger partial charge >= 0.3 is 0 Å². The van der Waals surface area contributed by atoms with Crippen LogP contribution in [0.1, 0.15) is 41.0 Å². The van der Waals surface area contributed by atoms with E-state index < -0.39 is 0 Å². The maximum atomic E-state index is 7.47. The molecule has 0 rings (SSSR count). The highest BCUT2D eigenvalue weighted by molar-refractivity contribution is 5.95. The summed E-state index contributed by atoms with van der Waals surface area (Å²) in [7, 11) is 0. The number of allylic oxidation sites excluding steroid dienone is 5. The molecule has 0 amide bonds. The predicted octanol–water partition coefficient (Wildman–Crippen LogP) is 4.27. The molecule has 0 radical (unpaired) electrons. The number of nitrogens with one attached hydrogen (secondary N) is 1. The molecule has 1 heteroatoms. The molecule has 0 aromatic rings. The Labute approximate surface area is 87.7 Å². The second-order valence-electron chi connectivity index (χ2n) is 3.84. The Balaban J connectivity index is 4.74. The van der Waals surface area contributed by atoms with E-state index in [1.54, 1.807) is 6.92 Å². The average molecular weight is 191 g/mol. The van der Waals surface area contributed by atoms with Crippen molar-refractivity contribution in [3.05, 3.63) is 34.9 Å². The summed E-state index contributed by atoms with van der Waals surface area (Å²) >= 11 is 0. The lowest BCUT2D eigenvalue weighted by Crippen LogP contribution is -1.97. The Morgan fingerprint density at radius 1 is 1.21 bits per heavy atom. The molecule has 0 aliphatic heterocycles. The fraction of sp³-hybridized carbons (Fsp3) is 0.462. The van der Waals surface area contributed by atoms with Crippen molar-refractivity contribution in [2.75, 3.05) is 0 Å². The molecule has 14 heavy (non-hydrogen) atoms. The van der Waals surface area contributed by atoms with Crippen LogP contribution in [0.3, 0.4) is 0 Å². The molecule has 0 unspecified atom stereocenters. The van der Waals surface area contributed by atoms with Gasteiger partial charge in [0, 0.05) is 5.71 Å². The molecule has 0 saturated heterocycles. The van der Waals surface area contributed by atoms with Crippen LogP contribution >= 0.6 is 0 Å². The van der Waals surface area contributed by atoms with Gasteiger partial charge in [-0.1, -0.05) is 18.2 Å². The molecule has 0 atom stereocenters. The van der Waals surface area contributed by atoms with Crippen LogP contribution in [0.15, 0.2) is 34.9 Å². The van der Waals surface area contributed by atoms with Gasteiger partial charge in [-0.05, 0) is 57.8 Å². The fourth-order valence-corrected chi connectivity index (χ4v) is 1.13. The first kappa shape index (κ1) is 12.9. The Bertz CT molecular complexity index is 299. The van der Waals surface area contributed by atoms with E-state index in [9.17, 15) is 0 Å². The van der Waals surface area contributed by atoms with Gasteiger partial charge in [-0.15, -0.1) is 0 Å². The van der Waals surface area contributed by atoms with Crippen molar-refractivity contribution in [3.63, 3.8) is 0 Å². The SMILES string of the molecule is C=C(C/C(=C\C)C(C)=C(C)C)C(C)=N. The molecule has 1 N–H and O–H groups in total. The molecule has 0 aliphatic rings. The van der Waals surface area contributed by atoms with E-state index in [0.29, 0.717) is 5.71 Å². The van der Waals surface area contributed by atoms with Crippen LogP contribution in [-0.2, 0) is 0 Å². The van der Waals surface area contributed by atoms with Crippen molar-refractivity contribution in [2.24, 2.45) is 0 Å². The third kappa shape index (κ3) is 3.73. The quantitative estimate of drug-likeness (QED) is 0.506. The minimum atomic E-state index is 0.575. The Hall–Kier alpha value is -1.11. The van der Waals surface area contributed by atoms with Crippen LogP contribution in [0.4, 0.5) is 0 Å². The van der Waals surface area contributed by atoms with Crippen molar-refractivity contribution in [1.82, 2.24) is 0 Å². The maximum Gasteiger partial charge on any atom is 0.0312 e. The summed E-state index contributed by atoms with van der Waals surface area (Å²) in [5.41, 5.74) is 5.40. The number of hydrogen-bond donors (Lipinski definition) is 1. The summed E-state index contributed by atoms with van der Waals surface area (Å²) in [5, 5.41) is 7.47. The van der Waals surface area contributed by atoms with Gasteiger partial charge < -0.3 is 5.41 Å². The maximum absolute atomic E-state index is 7.47. The van der Waals surface area contributed by atoms with E-state index in [4.69, 9.17) is 5.41 Å². The zero-order valence-electron chi connectivity index (χ0n) is 9.99. The van der Waals surface area contributed by atoms with Gasteiger partial charge in [0.2, 0.25) is 0 Å². The standard InChI is InChI=1S/C13H21N/c1-7-13(11(5)9(2)3)8-10(4)12(6)14/h7,14H,4,8H2,1-3,5-6H3/b13-7+,14-12?. The van der Waals surface area contributed by atoms with E-state index >= 15 is 0 Å². The van der Waals surface area contributed by atoms with E-state index in [1.165, 1.54) is 16.7 Å². The molecule has 0 fully saturated rings. The Morgan fingerprint density at radius 3 is 2.00 bits per heavy atom. The van der Waals surface area contributed by atoms with Gasteiger partial charge in [-0.25, -0.2) is 0 Å². The minimum Gasteiger partial charge on any atom is -0.305 e. The van der Waals surface area contributed by atoms with Crippen molar-refractivity contribution in [1.29, 1.82) is 5.41 Å². The summed E-state index contributed by atoms with van der Waals surface area (Å²) in [5.74, 6) is 0. The number of rotatable bonds is 4. The van der Waals surface area contributed by atoms with E-state index in [0.717, 1.165) is 12.0 Å². The normalized spacial score (nSPS) is 11.1. The molecule has 0 heterocycles. The summed E-state index contributed by atoms with van der Waals surface area (Å²) in [6.07, 6.45) is 2.90. The smallest absolute Gasteiger partial charge is 0.0312 e. The first-order chi connectivity index (χ1) is 6.40. The van der Waals surface area contributed by atoms with Gasteiger partial charge in [0.25, 0.3) is 0 Å². The minimum absolute atomic E-state index is 0.575. The molecule has 0 aliphatic carbocycles. The second-order valence-corrected chi connectivity index (χ2v) is 3.84. The van der Waals surface area contributed by atoms with Crippen molar-refractivity contribution in [3.8, 4) is 0 Å². The molecule has 0 aromatic heterocycles. The predicted molar refractivity (Wildman–Crippen MR) is 65.0 cm³/mol. The van der Waals surface area contributed by atoms with Gasteiger partial charge in [0.15, 0.2) is 0 Å². The first-order valence-corrected chi connectivity index (χ1v) is 4.93. The van der Waals surface area contributed by atoms with Crippen LogP contribution in [0.25, 0.3) is 0 Å². The fourth-order valence-electron chi connectivity index (χ4n) is 1.13. The van der Waals surface area contributed by atoms with Crippen molar-refractivity contribution >= 4 is 5.71 Å². The highest BCUT2D eigenvalue weighted by Gasteiger charge is 2.04. The third-order valence-electron chi connectivity index (χ3n) is 2.51. The van der Waals surface area contributed by atoms with Gasteiger partial charge in [-0.2, -0.15) is 0 Å². The summed E-state index contributed by atoms with van der Waals surface area (Å²) < 4.78 is 0. The molecule has 1 nitrogen and oxygen atoms in total. The molecular formula is C13H21N. The third-order valence-corrected chi connectivity index (χ3v) is 2.51. The lowest BCUT2D eigenvalue weighted by Gasteiger charge is -2.11. The molecule has 0 saturated carbocycles. The monoisotopic (exact) mass is 191 g/mol. The Kier molecular flexibility index (Phi) is 5.14. The Morgan fingerprint density at radius 2 is 1.71 bits per heavy atom. The van der Waals surface area contributed by atoms with Gasteiger partial charge in [-0.3, -0.25) is 0 Å². The van der Waals surface area contributed by atoms with Crippen molar-refractivity contribution < 1.29 is 0 Å². The van der Waals surface area contributed by atoms with Crippen LogP contribution in [0.2, 0.25) is 0 Å². The van der Waals surface area contributed by atoms with E-state index in [2.05, 4.69) is 33.4 Å². The first-order valence-electron chi connectivity index (χ1n) is 4.93. The van der Waals surface area contributed by atoms with Crippen LogP contribution in [0, 0.1) is 5.41 Å². The molecule has 0 spiro atoms. The second kappa shape index (κ2) is 5.58. The van der Waals surface area contributed by atoms with Crippen molar-refractivity contribution in [2.45, 2.75) is 41.0 Å². The lowest BCUT2D eigenvalue weighted by atomic mass is 9.95. The van der Waals surface area contributed by atoms with Crippen LogP contribution < -0.4 is 0 Å². The van der Waals surface area contributed by atoms with E-state index in [1.807, 2.05) is 6.92 Å².